The third-order valence-electron chi connectivity index (χ3n) is 6.01. The van der Waals surface area contributed by atoms with Crippen molar-refractivity contribution in [3.05, 3.63) is 48.9 Å². The van der Waals surface area contributed by atoms with Gasteiger partial charge in [-0.3, -0.25) is 0 Å². The molecule has 0 saturated carbocycles. The van der Waals surface area contributed by atoms with Crippen molar-refractivity contribution in [3.8, 4) is 11.3 Å². The summed E-state index contributed by atoms with van der Waals surface area (Å²) in [5.74, 6) is 1.47. The number of H-pyrrole nitrogens is 1. The first-order valence-corrected chi connectivity index (χ1v) is 11.9. The van der Waals surface area contributed by atoms with E-state index in [9.17, 15) is 0 Å². The number of benzene rings is 1. The highest BCUT2D eigenvalue weighted by atomic mass is 16.5. The quantitative estimate of drug-likeness (QED) is 0.405. The van der Waals surface area contributed by atoms with E-state index >= 15 is 0 Å². The Bertz CT molecular complexity index is 1220. The molecule has 4 heterocycles. The van der Waals surface area contributed by atoms with E-state index in [2.05, 4.69) is 68.2 Å². The first-order valence-electron chi connectivity index (χ1n) is 11.9. The normalized spacial score (nSPS) is 13.9. The molecule has 1 saturated heterocycles. The van der Waals surface area contributed by atoms with Crippen LogP contribution in [0.3, 0.4) is 0 Å². The molecule has 0 spiro atoms. The summed E-state index contributed by atoms with van der Waals surface area (Å²) in [5.41, 5.74) is 5.20. The molecule has 1 aliphatic rings. The largest absolute Gasteiger partial charge is 0.378 e. The van der Waals surface area contributed by atoms with Gasteiger partial charge in [-0.2, -0.15) is 4.98 Å². The zero-order chi connectivity index (χ0) is 23.3. The second-order valence-electron chi connectivity index (χ2n) is 8.25. The molecule has 0 unspecified atom stereocenters. The number of nitrogens with one attached hydrogen (secondary N) is 2. The fourth-order valence-electron chi connectivity index (χ4n) is 4.22. The van der Waals surface area contributed by atoms with E-state index in [0.29, 0.717) is 11.6 Å². The summed E-state index contributed by atoms with van der Waals surface area (Å²) < 4.78 is 5.45. The molecular formula is C25H30N8O. The molecule has 1 aromatic carbocycles. The zero-order valence-corrected chi connectivity index (χ0v) is 19.7. The van der Waals surface area contributed by atoms with Gasteiger partial charge >= 0.3 is 0 Å². The lowest BCUT2D eigenvalue weighted by Crippen LogP contribution is -2.36. The van der Waals surface area contributed by atoms with Gasteiger partial charge in [0.1, 0.15) is 17.0 Å². The van der Waals surface area contributed by atoms with Gasteiger partial charge in [-0.25, -0.2) is 15.0 Å². The highest BCUT2D eigenvalue weighted by Gasteiger charge is 2.15. The van der Waals surface area contributed by atoms with Crippen LogP contribution in [0.2, 0.25) is 0 Å². The predicted octanol–water partition coefficient (Wildman–Crippen LogP) is 4.23. The van der Waals surface area contributed by atoms with Crippen molar-refractivity contribution < 1.29 is 4.74 Å². The highest BCUT2D eigenvalue weighted by Crippen LogP contribution is 2.28. The minimum Gasteiger partial charge on any atom is -0.378 e. The summed E-state index contributed by atoms with van der Waals surface area (Å²) in [6.07, 6.45) is 4.60. The molecule has 2 N–H and O–H groups in total. The van der Waals surface area contributed by atoms with E-state index in [4.69, 9.17) is 14.7 Å². The lowest BCUT2D eigenvalue weighted by molar-refractivity contribution is 0.122. The lowest BCUT2D eigenvalue weighted by atomic mass is 10.2. The summed E-state index contributed by atoms with van der Waals surface area (Å²) in [6.45, 7) is 9.60. The highest BCUT2D eigenvalue weighted by molar-refractivity contribution is 5.88. The topological polar surface area (TPSA) is 95.1 Å². The zero-order valence-electron chi connectivity index (χ0n) is 19.7. The van der Waals surface area contributed by atoms with Gasteiger partial charge < -0.3 is 24.8 Å². The molecule has 9 heteroatoms. The van der Waals surface area contributed by atoms with Crippen molar-refractivity contribution in [1.29, 1.82) is 0 Å². The average Bonchev–Trinajstić information content (AvgIpc) is 3.37. The first kappa shape index (κ1) is 22.1. The van der Waals surface area contributed by atoms with Crippen LogP contribution in [0.4, 0.5) is 23.1 Å². The van der Waals surface area contributed by atoms with Gasteiger partial charge in [0.15, 0.2) is 5.65 Å². The maximum atomic E-state index is 5.45. The number of anilines is 4. The number of imidazole rings is 1. The molecule has 4 aromatic rings. The Morgan fingerprint density at radius 3 is 2.56 bits per heavy atom. The van der Waals surface area contributed by atoms with Crippen molar-refractivity contribution in [2.75, 3.05) is 54.5 Å². The van der Waals surface area contributed by atoms with Crippen molar-refractivity contribution in [3.63, 3.8) is 0 Å². The Labute approximate surface area is 199 Å². The number of aromatic nitrogens is 5. The molecule has 9 nitrogen and oxygen atoms in total. The smallest absolute Gasteiger partial charge is 0.229 e. The summed E-state index contributed by atoms with van der Waals surface area (Å²) in [5, 5.41) is 3.33. The van der Waals surface area contributed by atoms with Gasteiger partial charge in [0.25, 0.3) is 0 Å². The van der Waals surface area contributed by atoms with Crippen LogP contribution < -0.4 is 15.1 Å². The number of pyridine rings is 1. The Hall–Kier alpha value is -3.72. The molecular weight excluding hydrogens is 428 g/mol. The number of hydrogen-bond donors (Lipinski definition) is 2. The van der Waals surface area contributed by atoms with Crippen LogP contribution in [0.1, 0.15) is 20.3 Å². The Morgan fingerprint density at radius 1 is 1.03 bits per heavy atom. The van der Waals surface area contributed by atoms with Crippen LogP contribution in [-0.4, -0.2) is 64.3 Å². The molecule has 0 atom stereocenters. The van der Waals surface area contributed by atoms with E-state index < -0.39 is 0 Å². The van der Waals surface area contributed by atoms with Crippen molar-refractivity contribution in [2.24, 2.45) is 0 Å². The molecule has 0 amide bonds. The SMILES string of the molecule is CCCN(CC)c1ccc(-c2nc(Nc3ccc(N4CCOCC4)cc3)nc3nc[nH]c23)cn1. The first-order chi connectivity index (χ1) is 16.7. The Kier molecular flexibility index (Phi) is 6.53. The molecule has 5 rings (SSSR count). The summed E-state index contributed by atoms with van der Waals surface area (Å²) in [6, 6.07) is 12.4. The summed E-state index contributed by atoms with van der Waals surface area (Å²) in [7, 11) is 0. The number of aromatic amines is 1. The van der Waals surface area contributed by atoms with E-state index in [-0.39, 0.29) is 0 Å². The number of fused-ring (bicyclic) bond motifs is 1. The lowest BCUT2D eigenvalue weighted by Gasteiger charge is -2.28. The predicted molar refractivity (Wildman–Crippen MR) is 136 cm³/mol. The maximum absolute atomic E-state index is 5.45. The number of rotatable bonds is 8. The van der Waals surface area contributed by atoms with Crippen LogP contribution in [-0.2, 0) is 4.74 Å². The Balaban J connectivity index is 1.40. The van der Waals surface area contributed by atoms with E-state index in [1.165, 1.54) is 5.69 Å². The molecule has 1 aliphatic heterocycles. The van der Waals surface area contributed by atoms with Crippen molar-refractivity contribution in [2.45, 2.75) is 20.3 Å². The van der Waals surface area contributed by atoms with Gasteiger partial charge in [-0.15, -0.1) is 0 Å². The minimum atomic E-state index is 0.499. The molecule has 0 aliphatic carbocycles. The van der Waals surface area contributed by atoms with Crippen LogP contribution in [0.25, 0.3) is 22.4 Å². The summed E-state index contributed by atoms with van der Waals surface area (Å²) >= 11 is 0. The van der Waals surface area contributed by atoms with Gasteiger partial charge in [-0.05, 0) is 49.7 Å². The Morgan fingerprint density at radius 2 is 1.85 bits per heavy atom. The maximum Gasteiger partial charge on any atom is 0.229 e. The average molecular weight is 459 g/mol. The molecule has 3 aromatic heterocycles. The number of nitrogens with zero attached hydrogens (tertiary/aromatic N) is 6. The monoisotopic (exact) mass is 458 g/mol. The fraction of sp³-hybridized carbons (Fsp3) is 0.360. The molecule has 1 fully saturated rings. The van der Waals surface area contributed by atoms with Crippen LogP contribution in [0.15, 0.2) is 48.9 Å². The minimum absolute atomic E-state index is 0.499. The third kappa shape index (κ3) is 4.65. The van der Waals surface area contributed by atoms with Crippen LogP contribution >= 0.6 is 0 Å². The van der Waals surface area contributed by atoms with Crippen molar-refractivity contribution in [1.82, 2.24) is 24.9 Å². The standard InChI is InChI=1S/C25H30N8O/c1-3-11-32(4-2)21-10-5-18(16-26-21)22-23-24(28-17-27-23)31-25(30-22)29-19-6-8-20(9-7-19)33-12-14-34-15-13-33/h5-10,16-17H,3-4,11-15H2,1-2H3,(H2,27,28,29,30,31). The number of hydrogen-bond acceptors (Lipinski definition) is 8. The van der Waals surface area contributed by atoms with E-state index in [1.807, 2.05) is 18.3 Å². The van der Waals surface area contributed by atoms with E-state index in [1.54, 1.807) is 6.33 Å². The second kappa shape index (κ2) is 10.0. The number of morpholine rings is 1. The molecule has 0 radical (unpaired) electrons. The molecule has 176 valence electrons. The van der Waals surface area contributed by atoms with Crippen LogP contribution in [0, 0.1) is 0 Å². The van der Waals surface area contributed by atoms with Crippen LogP contribution in [0.5, 0.6) is 0 Å². The van der Waals surface area contributed by atoms with Crippen molar-refractivity contribution >= 4 is 34.3 Å². The second-order valence-corrected chi connectivity index (χ2v) is 8.25. The third-order valence-corrected chi connectivity index (χ3v) is 6.01. The van der Waals surface area contributed by atoms with Gasteiger partial charge in [0.2, 0.25) is 5.95 Å². The van der Waals surface area contributed by atoms with Gasteiger partial charge in [-0.1, -0.05) is 6.92 Å². The molecule has 34 heavy (non-hydrogen) atoms. The fourth-order valence-corrected chi connectivity index (χ4v) is 4.22. The molecule has 0 bridgehead atoms. The summed E-state index contributed by atoms with van der Waals surface area (Å²) in [4.78, 5) is 26.2. The number of ether oxygens (including phenoxy) is 1. The van der Waals surface area contributed by atoms with E-state index in [0.717, 1.165) is 74.1 Å². The van der Waals surface area contributed by atoms with Gasteiger partial charge in [0.05, 0.1) is 19.5 Å². The van der Waals surface area contributed by atoms with Gasteiger partial charge in [0, 0.05) is 49.3 Å².